The maximum atomic E-state index is 12.5. The van der Waals surface area contributed by atoms with Gasteiger partial charge in [0.15, 0.2) is 6.10 Å². The molecule has 0 N–H and O–H groups in total. The van der Waals surface area contributed by atoms with Gasteiger partial charge in [-0.2, -0.15) is 0 Å². The summed E-state index contributed by atoms with van der Waals surface area (Å²) in [6.07, 6.45) is 6.03. The third-order valence-corrected chi connectivity index (χ3v) is 4.01. The first-order chi connectivity index (χ1) is 11.7. The van der Waals surface area contributed by atoms with Crippen LogP contribution in [0.1, 0.15) is 56.8 Å². The summed E-state index contributed by atoms with van der Waals surface area (Å²) >= 11 is 0. The van der Waals surface area contributed by atoms with E-state index in [-0.39, 0.29) is 24.5 Å². The summed E-state index contributed by atoms with van der Waals surface area (Å²) in [7, 11) is 0. The Kier molecular flexibility index (Phi) is 9.64. The second-order valence-electron chi connectivity index (χ2n) is 5.99. The lowest BCUT2D eigenvalue weighted by Gasteiger charge is -2.19. The maximum Gasteiger partial charge on any atom is 0.334 e. The Morgan fingerprint density at radius 2 is 1.48 bits per heavy atom. The summed E-state index contributed by atoms with van der Waals surface area (Å²) in [5.41, 5.74) is 2.65. The number of unbranched alkanes of at least 4 members (excludes halogenated alkanes) is 3. The predicted molar refractivity (Wildman–Crippen MR) is 106 cm³/mol. The number of carbonyl (C=O) groups is 1. The minimum atomic E-state index is -0.376. The lowest BCUT2D eigenvalue weighted by Crippen LogP contribution is -2.13. The highest BCUT2D eigenvalue weighted by molar-refractivity contribution is 5.88. The molecule has 0 aromatic heterocycles. The van der Waals surface area contributed by atoms with Crippen LogP contribution in [0.5, 0.6) is 0 Å². The molecule has 2 aromatic rings. The Morgan fingerprint density at radius 3 is 1.96 bits per heavy atom. The van der Waals surface area contributed by atoms with Gasteiger partial charge in [0, 0.05) is 5.57 Å². The van der Waals surface area contributed by atoms with Crippen molar-refractivity contribution in [3.05, 3.63) is 83.4 Å². The summed E-state index contributed by atoms with van der Waals surface area (Å²) in [6.45, 7) is 4.01. The fraction of sp³-hybridized carbons (Fsp3) is 0.318. The lowest BCUT2D eigenvalue weighted by atomic mass is 10.0. The summed E-state index contributed by atoms with van der Waals surface area (Å²) in [6, 6.07) is 19.8. The van der Waals surface area contributed by atoms with Crippen LogP contribution >= 0.6 is 12.4 Å². The van der Waals surface area contributed by atoms with Crippen LogP contribution in [0.3, 0.4) is 0 Å². The largest absolute Gasteiger partial charge is 0.449 e. The van der Waals surface area contributed by atoms with Crippen molar-refractivity contribution >= 4 is 18.4 Å². The van der Waals surface area contributed by atoms with Crippen LogP contribution in [0.15, 0.2) is 72.3 Å². The van der Waals surface area contributed by atoms with Gasteiger partial charge in [-0.1, -0.05) is 86.5 Å². The quantitative estimate of drug-likeness (QED) is 0.316. The number of carbonyl (C=O) groups excluding carboxylic acids is 1. The SMILES string of the molecule is CCCCCC=C(C)C(=O)OC(c1ccccc1)c1ccccc1.Cl. The first-order valence-corrected chi connectivity index (χ1v) is 8.70. The van der Waals surface area contributed by atoms with Gasteiger partial charge in [-0.3, -0.25) is 0 Å². The topological polar surface area (TPSA) is 26.3 Å². The van der Waals surface area contributed by atoms with Crippen LogP contribution < -0.4 is 0 Å². The molecule has 2 rings (SSSR count). The predicted octanol–water partition coefficient (Wildman–Crippen LogP) is 6.27. The molecule has 0 radical (unpaired) electrons. The molecule has 0 saturated carbocycles. The Balaban J connectivity index is 0.00000312. The molecule has 0 unspecified atom stereocenters. The number of halogens is 1. The smallest absolute Gasteiger partial charge is 0.334 e. The molecule has 0 amide bonds. The van der Waals surface area contributed by atoms with Crippen molar-refractivity contribution in [2.45, 2.75) is 45.6 Å². The van der Waals surface area contributed by atoms with Gasteiger partial charge in [-0.15, -0.1) is 12.4 Å². The van der Waals surface area contributed by atoms with Crippen molar-refractivity contribution < 1.29 is 9.53 Å². The van der Waals surface area contributed by atoms with E-state index in [4.69, 9.17) is 4.74 Å². The molecule has 134 valence electrons. The average Bonchev–Trinajstić information content (AvgIpc) is 2.64. The molecule has 25 heavy (non-hydrogen) atoms. The third-order valence-electron chi connectivity index (χ3n) is 4.01. The first-order valence-electron chi connectivity index (χ1n) is 8.70. The van der Waals surface area contributed by atoms with Gasteiger partial charge >= 0.3 is 5.97 Å². The van der Waals surface area contributed by atoms with Crippen LogP contribution in [0, 0.1) is 0 Å². The molecule has 3 heteroatoms. The molecular weight excluding hydrogens is 332 g/mol. The molecule has 0 spiro atoms. The Labute approximate surface area is 157 Å². The maximum absolute atomic E-state index is 12.5. The molecule has 0 bridgehead atoms. The van der Waals surface area contributed by atoms with E-state index in [0.717, 1.165) is 24.0 Å². The fourth-order valence-electron chi connectivity index (χ4n) is 2.58. The van der Waals surface area contributed by atoms with Crippen LogP contribution in [-0.4, -0.2) is 5.97 Å². The summed E-state index contributed by atoms with van der Waals surface area (Å²) in [5.74, 6) is -0.246. The molecule has 0 saturated heterocycles. The van der Waals surface area contributed by atoms with Crippen molar-refractivity contribution in [1.82, 2.24) is 0 Å². The second kappa shape index (κ2) is 11.5. The molecule has 0 atom stereocenters. The van der Waals surface area contributed by atoms with Gasteiger partial charge in [0.1, 0.15) is 0 Å². The zero-order valence-corrected chi connectivity index (χ0v) is 15.8. The number of hydrogen-bond donors (Lipinski definition) is 0. The highest BCUT2D eigenvalue weighted by Gasteiger charge is 2.19. The minimum Gasteiger partial charge on any atom is -0.449 e. The Hall–Kier alpha value is -2.06. The van der Waals surface area contributed by atoms with Gasteiger partial charge in [0.2, 0.25) is 0 Å². The van der Waals surface area contributed by atoms with E-state index in [1.165, 1.54) is 12.8 Å². The van der Waals surface area contributed by atoms with Crippen molar-refractivity contribution in [3.8, 4) is 0 Å². The summed E-state index contributed by atoms with van der Waals surface area (Å²) in [4.78, 5) is 12.5. The van der Waals surface area contributed by atoms with Gasteiger partial charge in [-0.05, 0) is 30.9 Å². The minimum absolute atomic E-state index is 0. The fourth-order valence-corrected chi connectivity index (χ4v) is 2.58. The molecule has 2 nitrogen and oxygen atoms in total. The first kappa shape index (κ1) is 21.0. The molecule has 0 heterocycles. The number of allylic oxidation sites excluding steroid dienone is 1. The third kappa shape index (κ3) is 6.75. The lowest BCUT2D eigenvalue weighted by molar-refractivity contribution is -0.142. The van der Waals surface area contributed by atoms with E-state index >= 15 is 0 Å². The van der Waals surface area contributed by atoms with E-state index in [1.807, 2.05) is 73.7 Å². The van der Waals surface area contributed by atoms with Gasteiger partial charge < -0.3 is 4.74 Å². The number of benzene rings is 2. The summed E-state index contributed by atoms with van der Waals surface area (Å²) < 4.78 is 5.83. The normalized spacial score (nSPS) is 11.1. The van der Waals surface area contributed by atoms with Crippen LogP contribution in [0.2, 0.25) is 0 Å². The standard InChI is InChI=1S/C22H26O2.ClH/c1-3-4-5-8-13-18(2)22(23)24-21(19-14-9-6-10-15-19)20-16-11-7-12-17-20;/h6-7,9-17,21H,3-5,8H2,1-2H3;1H. The summed E-state index contributed by atoms with van der Waals surface area (Å²) in [5, 5.41) is 0. The monoisotopic (exact) mass is 358 g/mol. The van der Waals surface area contributed by atoms with Crippen molar-refractivity contribution in [3.63, 3.8) is 0 Å². The number of ether oxygens (including phenoxy) is 1. The van der Waals surface area contributed by atoms with Crippen molar-refractivity contribution in [2.24, 2.45) is 0 Å². The van der Waals surface area contributed by atoms with E-state index in [1.54, 1.807) is 0 Å². The molecule has 0 aliphatic carbocycles. The van der Waals surface area contributed by atoms with Crippen LogP contribution in [-0.2, 0) is 9.53 Å². The zero-order chi connectivity index (χ0) is 17.2. The van der Waals surface area contributed by atoms with E-state index < -0.39 is 0 Å². The Morgan fingerprint density at radius 1 is 0.960 bits per heavy atom. The molecule has 0 aliphatic heterocycles. The van der Waals surface area contributed by atoms with E-state index in [9.17, 15) is 4.79 Å². The second-order valence-corrected chi connectivity index (χ2v) is 5.99. The van der Waals surface area contributed by atoms with E-state index in [2.05, 4.69) is 6.92 Å². The molecule has 2 aromatic carbocycles. The van der Waals surface area contributed by atoms with Gasteiger partial charge in [0.25, 0.3) is 0 Å². The van der Waals surface area contributed by atoms with Crippen molar-refractivity contribution in [1.29, 1.82) is 0 Å². The number of rotatable bonds is 8. The molecule has 0 fully saturated rings. The number of hydrogen-bond acceptors (Lipinski definition) is 2. The number of esters is 1. The van der Waals surface area contributed by atoms with Crippen molar-refractivity contribution in [2.75, 3.05) is 0 Å². The highest BCUT2D eigenvalue weighted by Crippen LogP contribution is 2.26. The Bertz CT molecular complexity index is 611. The van der Waals surface area contributed by atoms with Crippen LogP contribution in [0.25, 0.3) is 0 Å². The van der Waals surface area contributed by atoms with Crippen LogP contribution in [0.4, 0.5) is 0 Å². The van der Waals surface area contributed by atoms with E-state index in [0.29, 0.717) is 5.57 Å². The van der Waals surface area contributed by atoms with Gasteiger partial charge in [-0.25, -0.2) is 4.79 Å². The van der Waals surface area contributed by atoms with Gasteiger partial charge in [0.05, 0.1) is 0 Å². The average molecular weight is 359 g/mol. The molecule has 0 aliphatic rings. The highest BCUT2D eigenvalue weighted by atomic mass is 35.5. The molecular formula is C22H27ClO2. The zero-order valence-electron chi connectivity index (χ0n) is 15.0.